The molecule has 0 saturated carbocycles. The molecule has 1 nitrogen and oxygen atoms in total. The molecule has 8 aromatic carbocycles. The Labute approximate surface area is 292 Å². The van der Waals surface area contributed by atoms with Crippen LogP contribution in [0.25, 0.3) is 73.4 Å². The summed E-state index contributed by atoms with van der Waals surface area (Å²) in [6.07, 6.45) is 0. The van der Waals surface area contributed by atoms with Crippen LogP contribution in [0.1, 0.15) is 0 Å². The molecule has 0 amide bonds. The van der Waals surface area contributed by atoms with Crippen molar-refractivity contribution >= 4 is 90.9 Å². The zero-order valence-corrected chi connectivity index (χ0v) is 28.1. The average molecular weight is 660 g/mol. The lowest BCUT2D eigenvalue weighted by Gasteiger charge is -2.26. The minimum atomic E-state index is 1.13. The molecule has 0 aliphatic rings. The Morgan fingerprint density at radius 2 is 0.796 bits per heavy atom. The first kappa shape index (κ1) is 28.3. The van der Waals surface area contributed by atoms with Crippen LogP contribution in [0.15, 0.2) is 176 Å². The fourth-order valence-electron chi connectivity index (χ4n) is 7.18. The lowest BCUT2D eigenvalue weighted by molar-refractivity contribution is 1.29. The molecule has 0 bridgehead atoms. The molecule has 10 rings (SSSR count). The predicted octanol–water partition coefficient (Wildman–Crippen LogP) is 14.4. The number of fused-ring (bicyclic) bond motifs is 7. The molecule has 230 valence electrons. The van der Waals surface area contributed by atoms with Crippen LogP contribution in [-0.2, 0) is 0 Å². The van der Waals surface area contributed by atoms with Crippen molar-refractivity contribution in [3.63, 3.8) is 0 Å². The van der Waals surface area contributed by atoms with Gasteiger partial charge in [-0.3, -0.25) is 0 Å². The zero-order chi connectivity index (χ0) is 32.3. The van der Waals surface area contributed by atoms with Gasteiger partial charge < -0.3 is 4.90 Å². The average Bonchev–Trinajstić information content (AvgIpc) is 3.72. The Bertz CT molecular complexity index is 2810. The van der Waals surface area contributed by atoms with Crippen LogP contribution in [0.5, 0.6) is 0 Å². The van der Waals surface area contributed by atoms with Crippen LogP contribution in [0.4, 0.5) is 17.1 Å². The molecule has 0 N–H and O–H groups in total. The van der Waals surface area contributed by atoms with E-state index in [9.17, 15) is 0 Å². The maximum atomic E-state index is 2.38. The first-order chi connectivity index (χ1) is 24.2. The number of anilines is 3. The van der Waals surface area contributed by atoms with Gasteiger partial charge in [-0.1, -0.05) is 103 Å². The van der Waals surface area contributed by atoms with Crippen molar-refractivity contribution in [3.05, 3.63) is 176 Å². The van der Waals surface area contributed by atoms with E-state index in [2.05, 4.69) is 181 Å². The van der Waals surface area contributed by atoms with Gasteiger partial charge in [-0.05, 0) is 106 Å². The summed E-state index contributed by atoms with van der Waals surface area (Å²) < 4.78 is 5.31. The largest absolute Gasteiger partial charge is 0.310 e. The van der Waals surface area contributed by atoms with Gasteiger partial charge in [-0.15, -0.1) is 22.7 Å². The van der Waals surface area contributed by atoms with Gasteiger partial charge in [0.1, 0.15) is 0 Å². The molecule has 3 heteroatoms. The van der Waals surface area contributed by atoms with Crippen LogP contribution in [-0.4, -0.2) is 0 Å². The molecule has 0 saturated heterocycles. The second kappa shape index (κ2) is 11.5. The van der Waals surface area contributed by atoms with Crippen molar-refractivity contribution in [2.45, 2.75) is 0 Å². The molecular weight excluding hydrogens is 631 g/mol. The van der Waals surface area contributed by atoms with Gasteiger partial charge in [0.25, 0.3) is 0 Å². The van der Waals surface area contributed by atoms with Crippen LogP contribution < -0.4 is 4.90 Å². The van der Waals surface area contributed by atoms with Crippen LogP contribution in [0, 0.1) is 0 Å². The molecule has 49 heavy (non-hydrogen) atoms. The summed E-state index contributed by atoms with van der Waals surface area (Å²) in [7, 11) is 0. The summed E-state index contributed by atoms with van der Waals surface area (Å²) in [5.74, 6) is 0. The highest BCUT2D eigenvalue weighted by atomic mass is 32.1. The second-order valence-electron chi connectivity index (χ2n) is 12.6. The Morgan fingerprint density at radius 1 is 0.286 bits per heavy atom. The highest BCUT2D eigenvalue weighted by Gasteiger charge is 2.16. The van der Waals surface area contributed by atoms with Crippen LogP contribution >= 0.6 is 22.7 Å². The van der Waals surface area contributed by atoms with E-state index in [1.807, 2.05) is 22.7 Å². The van der Waals surface area contributed by atoms with Gasteiger partial charge in [0.15, 0.2) is 0 Å². The molecule has 10 aromatic rings. The number of rotatable bonds is 5. The van der Waals surface area contributed by atoms with E-state index in [0.717, 1.165) is 17.1 Å². The third-order valence-corrected chi connectivity index (χ3v) is 11.9. The van der Waals surface area contributed by atoms with E-state index < -0.39 is 0 Å². The third-order valence-electron chi connectivity index (χ3n) is 9.65. The fraction of sp³-hybridized carbons (Fsp3) is 0. The lowest BCUT2D eigenvalue weighted by atomic mass is 9.99. The van der Waals surface area contributed by atoms with Gasteiger partial charge in [0, 0.05) is 57.4 Å². The molecule has 0 atom stereocenters. The quantitative estimate of drug-likeness (QED) is 0.178. The van der Waals surface area contributed by atoms with E-state index in [1.165, 1.54) is 73.4 Å². The normalized spacial score (nSPS) is 11.7. The van der Waals surface area contributed by atoms with E-state index in [1.54, 1.807) is 0 Å². The SMILES string of the molecule is c1ccc(-c2ccc(N(c3ccc(-c4ccc5cc6c(cc5c4)sc4ccccc46)cc3)c3ccc4sc5ccccc5c4c3)cc2)cc1. The smallest absolute Gasteiger partial charge is 0.0468 e. The van der Waals surface area contributed by atoms with E-state index in [0.29, 0.717) is 0 Å². The van der Waals surface area contributed by atoms with Gasteiger partial charge >= 0.3 is 0 Å². The summed E-state index contributed by atoms with van der Waals surface area (Å²) >= 11 is 3.73. The highest BCUT2D eigenvalue weighted by molar-refractivity contribution is 7.26. The molecule has 0 radical (unpaired) electrons. The number of thiophene rings is 2. The van der Waals surface area contributed by atoms with E-state index in [4.69, 9.17) is 0 Å². The molecular formula is C46H29NS2. The predicted molar refractivity (Wildman–Crippen MR) is 215 cm³/mol. The van der Waals surface area contributed by atoms with Crippen molar-refractivity contribution < 1.29 is 0 Å². The Morgan fingerprint density at radius 3 is 1.49 bits per heavy atom. The minimum Gasteiger partial charge on any atom is -0.310 e. The first-order valence-electron chi connectivity index (χ1n) is 16.6. The summed E-state index contributed by atoms with van der Waals surface area (Å²) in [6, 6.07) is 64.5. The Balaban J connectivity index is 1.06. The topological polar surface area (TPSA) is 3.24 Å². The van der Waals surface area contributed by atoms with Crippen molar-refractivity contribution in [1.29, 1.82) is 0 Å². The monoisotopic (exact) mass is 659 g/mol. The molecule has 0 aliphatic carbocycles. The molecule has 0 unspecified atom stereocenters. The summed E-state index contributed by atoms with van der Waals surface area (Å²) in [5.41, 5.74) is 8.27. The highest BCUT2D eigenvalue weighted by Crippen LogP contribution is 2.42. The molecule has 2 heterocycles. The van der Waals surface area contributed by atoms with E-state index in [-0.39, 0.29) is 0 Å². The van der Waals surface area contributed by atoms with Crippen molar-refractivity contribution in [1.82, 2.24) is 0 Å². The Hall–Kier alpha value is -5.74. The van der Waals surface area contributed by atoms with Crippen LogP contribution in [0.2, 0.25) is 0 Å². The third kappa shape index (κ3) is 4.90. The van der Waals surface area contributed by atoms with Crippen LogP contribution in [0.3, 0.4) is 0 Å². The lowest BCUT2D eigenvalue weighted by Crippen LogP contribution is -2.09. The summed E-state index contributed by atoms with van der Waals surface area (Å²) in [6.45, 7) is 0. The molecule has 0 spiro atoms. The Kier molecular flexibility index (Phi) is 6.61. The minimum absolute atomic E-state index is 1.13. The molecule has 0 fully saturated rings. The number of hydrogen-bond donors (Lipinski definition) is 0. The van der Waals surface area contributed by atoms with Crippen molar-refractivity contribution in [3.8, 4) is 22.3 Å². The standard InChI is InChI=1S/C46H29NS2/c1-2-8-30(9-3-1)31-16-20-36(21-17-31)47(38-24-25-45-42(29-38)40-11-5-6-12-43(40)48-45)37-22-18-32(19-23-37)33-14-15-34-27-41-39-10-4-7-13-44(39)49-46(41)28-35(34)26-33/h1-29H. The number of hydrogen-bond acceptors (Lipinski definition) is 3. The number of nitrogens with zero attached hydrogens (tertiary/aromatic N) is 1. The van der Waals surface area contributed by atoms with E-state index >= 15 is 0 Å². The molecule has 0 aliphatic heterocycles. The maximum Gasteiger partial charge on any atom is 0.0468 e. The maximum absolute atomic E-state index is 2.38. The summed E-state index contributed by atoms with van der Waals surface area (Å²) in [4.78, 5) is 2.38. The summed E-state index contributed by atoms with van der Waals surface area (Å²) in [5, 5.41) is 7.84. The first-order valence-corrected chi connectivity index (χ1v) is 18.2. The zero-order valence-electron chi connectivity index (χ0n) is 26.5. The fourth-order valence-corrected chi connectivity index (χ4v) is 9.41. The molecule has 2 aromatic heterocycles. The van der Waals surface area contributed by atoms with Gasteiger partial charge in [0.2, 0.25) is 0 Å². The van der Waals surface area contributed by atoms with Gasteiger partial charge in [0.05, 0.1) is 0 Å². The second-order valence-corrected chi connectivity index (χ2v) is 14.7. The van der Waals surface area contributed by atoms with Crippen molar-refractivity contribution in [2.24, 2.45) is 0 Å². The number of benzene rings is 8. The van der Waals surface area contributed by atoms with Gasteiger partial charge in [-0.25, -0.2) is 0 Å². The van der Waals surface area contributed by atoms with Gasteiger partial charge in [-0.2, -0.15) is 0 Å². The van der Waals surface area contributed by atoms with Crippen molar-refractivity contribution in [2.75, 3.05) is 4.90 Å².